The van der Waals surface area contributed by atoms with Gasteiger partial charge in [-0.15, -0.1) is 0 Å². The molecule has 248 valence electrons. The van der Waals surface area contributed by atoms with Crippen molar-refractivity contribution in [3.8, 4) is 11.5 Å². The third-order valence-electron chi connectivity index (χ3n) is 15.6. The maximum absolute atomic E-state index is 13.1. The standard InChI is InChI=1S/C43H53NO3/c1-26-19-22-43(38(45)46)24-23-41(6)31(35(43)27(26)2)17-18-34-40(5)25-30-36(47-28-13-9-8-10-14-28)29-15-11-12-16-32(29)44-37(30)39(3,4)33(40)20-21-42(34,41)7/h8-17,26-27,33-35H,18-25H2,1-7H3,(H,45,46). The van der Waals surface area contributed by atoms with Crippen molar-refractivity contribution in [3.63, 3.8) is 0 Å². The van der Waals surface area contributed by atoms with E-state index < -0.39 is 11.4 Å². The highest BCUT2D eigenvalue weighted by atomic mass is 16.5. The number of benzene rings is 2. The quantitative estimate of drug-likeness (QED) is 0.292. The number of hydrogen-bond donors (Lipinski definition) is 1. The Kier molecular flexibility index (Phi) is 6.75. The maximum Gasteiger partial charge on any atom is 0.310 e. The summed E-state index contributed by atoms with van der Waals surface area (Å²) in [7, 11) is 0. The zero-order chi connectivity index (χ0) is 33.1. The van der Waals surface area contributed by atoms with Crippen molar-refractivity contribution < 1.29 is 14.6 Å². The Balaban J connectivity index is 1.28. The maximum atomic E-state index is 13.1. The normalized spacial score (nSPS) is 40.1. The predicted octanol–water partition coefficient (Wildman–Crippen LogP) is 10.8. The molecule has 1 heterocycles. The average Bonchev–Trinajstić information content (AvgIpc) is 3.04. The van der Waals surface area contributed by atoms with Crippen molar-refractivity contribution >= 4 is 16.9 Å². The molecule has 3 fully saturated rings. The second kappa shape index (κ2) is 10.2. The first-order chi connectivity index (χ1) is 22.3. The molecular formula is C43H53NO3. The number of pyridine rings is 1. The number of carbonyl (C=O) groups is 1. The summed E-state index contributed by atoms with van der Waals surface area (Å²) < 4.78 is 6.88. The van der Waals surface area contributed by atoms with Crippen LogP contribution in [0.1, 0.15) is 105 Å². The highest BCUT2D eigenvalue weighted by Crippen LogP contribution is 2.75. The van der Waals surface area contributed by atoms with Crippen molar-refractivity contribution in [3.05, 3.63) is 77.5 Å². The number of aliphatic carboxylic acids is 1. The summed E-state index contributed by atoms with van der Waals surface area (Å²) in [5, 5.41) is 11.9. The molecule has 5 aliphatic rings. The molecular weight excluding hydrogens is 578 g/mol. The molecule has 0 aliphatic heterocycles. The molecule has 0 amide bonds. The van der Waals surface area contributed by atoms with E-state index in [4.69, 9.17) is 9.72 Å². The monoisotopic (exact) mass is 631 g/mol. The van der Waals surface area contributed by atoms with Crippen LogP contribution in [0.25, 0.3) is 10.9 Å². The molecule has 0 saturated heterocycles. The van der Waals surface area contributed by atoms with Gasteiger partial charge in [-0.2, -0.15) is 0 Å². The van der Waals surface area contributed by atoms with Gasteiger partial charge in [0.1, 0.15) is 11.5 Å². The van der Waals surface area contributed by atoms with Gasteiger partial charge in [-0.25, -0.2) is 0 Å². The largest absolute Gasteiger partial charge is 0.481 e. The average molecular weight is 632 g/mol. The molecule has 4 nitrogen and oxygen atoms in total. The first-order valence-electron chi connectivity index (χ1n) is 18.4. The van der Waals surface area contributed by atoms with E-state index in [1.54, 1.807) is 0 Å². The highest BCUT2D eigenvalue weighted by Gasteiger charge is 2.69. The lowest BCUT2D eigenvalue weighted by atomic mass is 9.33. The Hall–Kier alpha value is -3.14. The summed E-state index contributed by atoms with van der Waals surface area (Å²) in [5.41, 5.74) is 4.40. The Labute approximate surface area is 281 Å². The van der Waals surface area contributed by atoms with Gasteiger partial charge in [0.25, 0.3) is 0 Å². The fourth-order valence-electron chi connectivity index (χ4n) is 12.8. The van der Waals surface area contributed by atoms with Gasteiger partial charge in [0.05, 0.1) is 16.6 Å². The molecule has 1 aromatic heterocycles. The topological polar surface area (TPSA) is 59.4 Å². The number of para-hydroxylation sites is 2. The van der Waals surface area contributed by atoms with Crippen molar-refractivity contribution in [1.82, 2.24) is 4.98 Å². The van der Waals surface area contributed by atoms with Crippen LogP contribution in [0.2, 0.25) is 0 Å². The third-order valence-corrected chi connectivity index (χ3v) is 15.6. The van der Waals surface area contributed by atoms with Crippen molar-refractivity contribution in [1.29, 1.82) is 0 Å². The Bertz CT molecular complexity index is 1790. The van der Waals surface area contributed by atoms with E-state index >= 15 is 0 Å². The van der Waals surface area contributed by atoms with E-state index in [1.165, 1.54) is 29.7 Å². The number of carboxylic acids is 1. The van der Waals surface area contributed by atoms with Crippen LogP contribution >= 0.6 is 0 Å². The highest BCUT2D eigenvalue weighted by molar-refractivity contribution is 5.87. The fraction of sp³-hybridized carbons (Fsp3) is 0.581. The molecule has 8 rings (SSSR count). The van der Waals surface area contributed by atoms with Crippen molar-refractivity contribution in [2.45, 2.75) is 105 Å². The number of nitrogens with zero attached hydrogens (tertiary/aromatic N) is 1. The molecule has 47 heavy (non-hydrogen) atoms. The summed E-state index contributed by atoms with van der Waals surface area (Å²) >= 11 is 0. The molecule has 5 aliphatic carbocycles. The molecule has 4 heteroatoms. The fourth-order valence-corrected chi connectivity index (χ4v) is 12.8. The molecule has 2 aromatic carbocycles. The molecule has 1 N–H and O–H groups in total. The van der Waals surface area contributed by atoms with Crippen LogP contribution in [0.15, 0.2) is 66.2 Å². The first-order valence-corrected chi connectivity index (χ1v) is 18.4. The first kappa shape index (κ1) is 31.1. The van der Waals surface area contributed by atoms with Gasteiger partial charge in [0.15, 0.2) is 0 Å². The van der Waals surface area contributed by atoms with Crippen LogP contribution < -0.4 is 4.74 Å². The number of hydrogen-bond acceptors (Lipinski definition) is 3. The van der Waals surface area contributed by atoms with Crippen LogP contribution in [-0.4, -0.2) is 16.1 Å². The summed E-state index contributed by atoms with van der Waals surface area (Å²) in [4.78, 5) is 18.6. The number of aromatic nitrogens is 1. The molecule has 0 spiro atoms. The second-order valence-electron chi connectivity index (χ2n) is 17.7. The molecule has 9 atom stereocenters. The van der Waals surface area contributed by atoms with Gasteiger partial charge in [0.2, 0.25) is 0 Å². The van der Waals surface area contributed by atoms with Crippen LogP contribution in [0.5, 0.6) is 11.5 Å². The van der Waals surface area contributed by atoms with E-state index in [2.05, 4.69) is 90.9 Å². The lowest BCUT2D eigenvalue weighted by Crippen LogP contribution is -2.65. The molecule has 3 aromatic rings. The van der Waals surface area contributed by atoms with Gasteiger partial charge >= 0.3 is 5.97 Å². The summed E-state index contributed by atoms with van der Waals surface area (Å²) in [5.74, 6) is 3.34. The lowest BCUT2D eigenvalue weighted by molar-refractivity contribution is -0.179. The van der Waals surface area contributed by atoms with E-state index in [-0.39, 0.29) is 27.6 Å². The van der Waals surface area contributed by atoms with E-state index in [0.717, 1.165) is 60.9 Å². The summed E-state index contributed by atoms with van der Waals surface area (Å²) in [6.07, 6.45) is 10.6. The van der Waals surface area contributed by atoms with Crippen LogP contribution in [0.3, 0.4) is 0 Å². The van der Waals surface area contributed by atoms with Crippen LogP contribution in [0, 0.1) is 51.2 Å². The van der Waals surface area contributed by atoms with Crippen LogP contribution in [0.4, 0.5) is 0 Å². The smallest absolute Gasteiger partial charge is 0.310 e. The SMILES string of the molecule is CC1CCC2(C(=O)O)CCC3(C)C(=CCC4C5(C)Cc6c(nc7ccccc7c6Oc6ccccc6)C(C)(C)C5CCC43C)C2C1C. The Morgan fingerprint density at radius 2 is 1.60 bits per heavy atom. The predicted molar refractivity (Wildman–Crippen MR) is 189 cm³/mol. The molecule has 0 radical (unpaired) electrons. The number of carboxylic acid groups (broad SMARTS) is 1. The van der Waals surface area contributed by atoms with Gasteiger partial charge in [0, 0.05) is 16.4 Å². The molecule has 9 unspecified atom stereocenters. The van der Waals surface area contributed by atoms with Crippen molar-refractivity contribution in [2.24, 2.45) is 51.2 Å². The second-order valence-corrected chi connectivity index (χ2v) is 17.7. The van der Waals surface area contributed by atoms with E-state index in [9.17, 15) is 9.90 Å². The number of allylic oxidation sites excluding steroid dienone is 2. The van der Waals surface area contributed by atoms with E-state index in [0.29, 0.717) is 23.7 Å². The number of ether oxygens (including phenoxy) is 1. The Morgan fingerprint density at radius 3 is 2.34 bits per heavy atom. The lowest BCUT2D eigenvalue weighted by Gasteiger charge is -2.70. The van der Waals surface area contributed by atoms with Gasteiger partial charge in [-0.05, 0) is 121 Å². The zero-order valence-electron chi connectivity index (χ0n) is 29.5. The summed E-state index contributed by atoms with van der Waals surface area (Å²) in [6, 6.07) is 18.7. The third kappa shape index (κ3) is 3.99. The minimum absolute atomic E-state index is 0.00570. The van der Waals surface area contributed by atoms with Gasteiger partial charge < -0.3 is 9.84 Å². The number of rotatable bonds is 3. The molecule has 0 bridgehead atoms. The molecule has 3 saturated carbocycles. The Morgan fingerprint density at radius 1 is 0.872 bits per heavy atom. The van der Waals surface area contributed by atoms with Crippen molar-refractivity contribution in [2.75, 3.05) is 0 Å². The summed E-state index contributed by atoms with van der Waals surface area (Å²) in [6.45, 7) is 17.4. The van der Waals surface area contributed by atoms with Crippen LogP contribution in [-0.2, 0) is 16.6 Å². The number of fused-ring (bicyclic) bond motifs is 9. The van der Waals surface area contributed by atoms with Gasteiger partial charge in [-0.3, -0.25) is 9.78 Å². The minimum Gasteiger partial charge on any atom is -0.481 e. The minimum atomic E-state index is -0.607. The zero-order valence-corrected chi connectivity index (χ0v) is 29.5. The van der Waals surface area contributed by atoms with Gasteiger partial charge in [-0.1, -0.05) is 90.4 Å². The van der Waals surface area contributed by atoms with E-state index in [1.807, 2.05) is 18.2 Å².